The molecule has 15 heteroatoms. The van der Waals surface area contributed by atoms with Crippen molar-refractivity contribution in [3.63, 3.8) is 0 Å². The Labute approximate surface area is 237 Å². The molecule has 1 aliphatic heterocycles. The first-order valence-electron chi connectivity index (χ1n) is 13.2. The lowest BCUT2D eigenvalue weighted by atomic mass is 9.61. The van der Waals surface area contributed by atoms with Crippen LogP contribution >= 0.6 is 0 Å². The van der Waals surface area contributed by atoms with Crippen LogP contribution in [-0.4, -0.2) is 48.4 Å². The summed E-state index contributed by atoms with van der Waals surface area (Å²) in [6.07, 6.45) is 1.10. The van der Waals surface area contributed by atoms with E-state index in [-0.39, 0.29) is 51.9 Å². The molecule has 0 unspecified atom stereocenters. The second kappa shape index (κ2) is 10.3. The number of hydrogen-bond acceptors (Lipinski definition) is 9. The van der Waals surface area contributed by atoms with Gasteiger partial charge in [-0.05, 0) is 37.2 Å². The number of rotatable bonds is 6. The van der Waals surface area contributed by atoms with Crippen molar-refractivity contribution in [2.75, 3.05) is 23.8 Å². The summed E-state index contributed by atoms with van der Waals surface area (Å²) in [5, 5.41) is 19.7. The average molecular weight is 582 g/mol. The number of imidazole rings is 1. The van der Waals surface area contributed by atoms with Crippen molar-refractivity contribution in [3.05, 3.63) is 41.9 Å². The van der Waals surface area contributed by atoms with Crippen LogP contribution in [0.2, 0.25) is 0 Å². The zero-order chi connectivity index (χ0) is 29.6. The van der Waals surface area contributed by atoms with E-state index >= 15 is 0 Å². The summed E-state index contributed by atoms with van der Waals surface area (Å²) in [7, 11) is 1.60. The molecule has 218 valence electrons. The van der Waals surface area contributed by atoms with Crippen LogP contribution in [0.1, 0.15) is 49.9 Å². The number of alkyl halides is 3. The summed E-state index contributed by atoms with van der Waals surface area (Å²) < 4.78 is 55.9. The number of carbonyl (C=O) groups excluding carboxylic acids is 1. The second-order valence-corrected chi connectivity index (χ2v) is 10.6. The molecule has 6 rings (SSSR count). The molecule has 0 atom stereocenters. The fraction of sp³-hybridized carbons (Fsp3) is 0.407. The smallest absolute Gasteiger partial charge is 0.433 e. The summed E-state index contributed by atoms with van der Waals surface area (Å²) >= 11 is 0. The Hall–Kier alpha value is -4.71. The highest BCUT2D eigenvalue weighted by Gasteiger charge is 2.49. The SMILES string of the molecule is CC(=O)Nc1cc(Oc2cnc3nc(Nc4cc(C(F)(F)F)n(C5CC6(CCOCC6)C5)n4)n(C)c3c2C#N)ccn1. The standard InChI is InChI=1S/C27H26F3N9O3/c1-15(40)34-21-9-17(3-6-32-21)42-19-14-33-24-23(18(19)13-31)38(2)25(36-24)35-22-10-20(27(28,29)30)39(37-22)16-11-26(12-16)4-7-41-8-5-26/h3,6,9-10,14,16H,4-5,7-8,11-12H2,1-2H3,(H,32,34,40)(H,33,35,36,37). The molecule has 4 aromatic rings. The first-order valence-corrected chi connectivity index (χ1v) is 13.2. The molecule has 12 nitrogen and oxygen atoms in total. The molecular weight excluding hydrogens is 555 g/mol. The number of halogens is 3. The van der Waals surface area contributed by atoms with E-state index in [9.17, 15) is 23.2 Å². The molecule has 0 bridgehead atoms. The lowest BCUT2D eigenvalue weighted by Crippen LogP contribution is -2.43. The number of anilines is 3. The summed E-state index contributed by atoms with van der Waals surface area (Å²) in [5.41, 5.74) is -0.209. The van der Waals surface area contributed by atoms with Crippen molar-refractivity contribution in [1.82, 2.24) is 29.3 Å². The minimum Gasteiger partial charge on any atom is -0.454 e. The normalized spacial score (nSPS) is 16.7. The third-order valence-electron chi connectivity index (χ3n) is 7.74. The van der Waals surface area contributed by atoms with E-state index in [0.29, 0.717) is 37.3 Å². The molecule has 0 radical (unpaired) electrons. The zero-order valence-corrected chi connectivity index (χ0v) is 22.7. The number of carbonyl (C=O) groups is 1. The van der Waals surface area contributed by atoms with Crippen LogP contribution in [0.15, 0.2) is 30.6 Å². The number of fused-ring (bicyclic) bond motifs is 1. The predicted octanol–water partition coefficient (Wildman–Crippen LogP) is 5.08. The molecule has 5 heterocycles. The number of amides is 1. The maximum atomic E-state index is 14.0. The minimum atomic E-state index is -4.59. The largest absolute Gasteiger partial charge is 0.454 e. The molecule has 1 spiro atoms. The number of nitriles is 1. The van der Waals surface area contributed by atoms with Crippen molar-refractivity contribution in [2.45, 2.75) is 44.8 Å². The van der Waals surface area contributed by atoms with Crippen LogP contribution < -0.4 is 15.4 Å². The Balaban J connectivity index is 1.28. The zero-order valence-electron chi connectivity index (χ0n) is 22.7. The molecule has 4 aromatic heterocycles. The Morgan fingerprint density at radius 3 is 2.67 bits per heavy atom. The van der Waals surface area contributed by atoms with Gasteiger partial charge in [0.1, 0.15) is 34.4 Å². The third-order valence-corrected chi connectivity index (χ3v) is 7.74. The summed E-state index contributed by atoms with van der Waals surface area (Å²) in [4.78, 5) is 24.1. The number of nitrogens with zero attached hydrogens (tertiary/aromatic N) is 7. The third kappa shape index (κ3) is 5.09. The summed E-state index contributed by atoms with van der Waals surface area (Å²) in [6, 6.07) is 5.75. The van der Waals surface area contributed by atoms with E-state index in [1.54, 1.807) is 13.1 Å². The van der Waals surface area contributed by atoms with Gasteiger partial charge >= 0.3 is 6.18 Å². The van der Waals surface area contributed by atoms with Crippen LogP contribution in [-0.2, 0) is 22.8 Å². The van der Waals surface area contributed by atoms with Crippen LogP contribution in [0, 0.1) is 16.7 Å². The van der Waals surface area contributed by atoms with Gasteiger partial charge in [0, 0.05) is 45.5 Å². The number of aryl methyl sites for hydroxylation is 1. The Bertz CT molecular complexity index is 1710. The van der Waals surface area contributed by atoms with Crippen LogP contribution in [0.4, 0.5) is 30.8 Å². The average Bonchev–Trinajstić information content (AvgIpc) is 3.49. The number of pyridine rings is 2. The van der Waals surface area contributed by atoms with Crippen molar-refractivity contribution in [2.24, 2.45) is 12.5 Å². The first kappa shape index (κ1) is 27.5. The molecule has 2 fully saturated rings. The minimum absolute atomic E-state index is 0.0175. The van der Waals surface area contributed by atoms with E-state index < -0.39 is 11.9 Å². The van der Waals surface area contributed by atoms with E-state index in [0.717, 1.165) is 23.6 Å². The van der Waals surface area contributed by atoms with Gasteiger partial charge < -0.3 is 24.7 Å². The van der Waals surface area contributed by atoms with Gasteiger partial charge in [-0.15, -0.1) is 0 Å². The maximum absolute atomic E-state index is 14.0. The van der Waals surface area contributed by atoms with Crippen molar-refractivity contribution < 1.29 is 27.4 Å². The number of hydrogen-bond donors (Lipinski definition) is 2. The lowest BCUT2D eigenvalue weighted by Gasteiger charge is -2.50. The topological polar surface area (TPSA) is 145 Å². The van der Waals surface area contributed by atoms with Crippen molar-refractivity contribution in [1.29, 1.82) is 5.26 Å². The Morgan fingerprint density at radius 2 is 1.98 bits per heavy atom. The molecule has 1 saturated carbocycles. The predicted molar refractivity (Wildman–Crippen MR) is 143 cm³/mol. The molecule has 42 heavy (non-hydrogen) atoms. The van der Waals surface area contributed by atoms with Gasteiger partial charge in [0.2, 0.25) is 11.9 Å². The fourth-order valence-corrected chi connectivity index (χ4v) is 5.69. The molecule has 2 aliphatic rings. The van der Waals surface area contributed by atoms with Crippen molar-refractivity contribution in [3.8, 4) is 17.6 Å². The highest BCUT2D eigenvalue weighted by atomic mass is 19.4. The Morgan fingerprint density at radius 1 is 1.21 bits per heavy atom. The first-order chi connectivity index (χ1) is 20.0. The molecule has 0 aromatic carbocycles. The summed E-state index contributed by atoms with van der Waals surface area (Å²) in [5.74, 6) is 0.508. The Kier molecular flexibility index (Phi) is 6.72. The van der Waals surface area contributed by atoms with Gasteiger partial charge in [0.05, 0.1) is 12.2 Å². The quantitative estimate of drug-likeness (QED) is 0.319. The van der Waals surface area contributed by atoms with E-state index in [4.69, 9.17) is 9.47 Å². The van der Waals surface area contributed by atoms with Gasteiger partial charge in [-0.3, -0.25) is 9.48 Å². The summed E-state index contributed by atoms with van der Waals surface area (Å²) in [6.45, 7) is 2.60. The number of ether oxygens (including phenoxy) is 2. The van der Waals surface area contributed by atoms with Crippen LogP contribution in [0.25, 0.3) is 11.2 Å². The molecular formula is C27H26F3N9O3. The molecule has 1 aliphatic carbocycles. The highest BCUT2D eigenvalue weighted by molar-refractivity contribution is 5.88. The second-order valence-electron chi connectivity index (χ2n) is 10.6. The molecule has 2 N–H and O–H groups in total. The van der Waals surface area contributed by atoms with Gasteiger partial charge in [-0.1, -0.05) is 0 Å². The van der Waals surface area contributed by atoms with Crippen molar-refractivity contribution >= 4 is 34.7 Å². The van der Waals surface area contributed by atoms with Crippen LogP contribution in [0.5, 0.6) is 11.5 Å². The van der Waals surface area contributed by atoms with Gasteiger partial charge in [-0.25, -0.2) is 9.97 Å². The van der Waals surface area contributed by atoms with Gasteiger partial charge in [0.15, 0.2) is 17.2 Å². The van der Waals surface area contributed by atoms with E-state index in [1.165, 1.54) is 30.0 Å². The highest BCUT2D eigenvalue weighted by Crippen LogP contribution is 2.55. The van der Waals surface area contributed by atoms with Gasteiger partial charge in [0.25, 0.3) is 0 Å². The van der Waals surface area contributed by atoms with Crippen LogP contribution in [0.3, 0.4) is 0 Å². The molecule has 1 amide bonds. The monoisotopic (exact) mass is 581 g/mol. The lowest BCUT2D eigenvalue weighted by molar-refractivity contribution is -0.148. The number of aromatic nitrogens is 6. The number of nitrogens with one attached hydrogen (secondary N) is 2. The van der Waals surface area contributed by atoms with Gasteiger partial charge in [-0.2, -0.15) is 28.5 Å². The maximum Gasteiger partial charge on any atom is 0.433 e. The van der Waals surface area contributed by atoms with E-state index in [2.05, 4.69) is 36.8 Å². The molecule has 1 saturated heterocycles. The van der Waals surface area contributed by atoms with E-state index in [1.807, 2.05) is 0 Å². The fourth-order valence-electron chi connectivity index (χ4n) is 5.69.